The largest absolute Gasteiger partial charge is 2.00 e. The fourth-order valence-electron chi connectivity index (χ4n) is 1.97. The second-order valence-corrected chi connectivity index (χ2v) is 4.32. The summed E-state index contributed by atoms with van der Waals surface area (Å²) in [5.41, 5.74) is 6.96. The molecule has 0 spiro atoms. The first-order valence-corrected chi connectivity index (χ1v) is 5.43. The van der Waals surface area contributed by atoms with E-state index in [-0.39, 0.29) is 37.1 Å². The zero-order valence-electron chi connectivity index (χ0n) is 10.8. The van der Waals surface area contributed by atoms with E-state index in [0.29, 0.717) is 0 Å². The molecular weight excluding hydrogens is 294 g/mol. The van der Waals surface area contributed by atoms with E-state index in [1.54, 1.807) is 0 Å². The van der Waals surface area contributed by atoms with Crippen LogP contribution in [0, 0.1) is 27.7 Å². The van der Waals surface area contributed by atoms with Gasteiger partial charge in [-0.15, -0.1) is 23.3 Å². The normalized spacial score (nSPS) is 9.22. The summed E-state index contributed by atoms with van der Waals surface area (Å²) in [4.78, 5) is 0. The Morgan fingerprint density at radius 3 is 1.33 bits per heavy atom. The smallest absolute Gasteiger partial charge is 0.199 e. The molecule has 18 heavy (non-hydrogen) atoms. The van der Waals surface area contributed by atoms with Gasteiger partial charge in [0.15, 0.2) is 0 Å². The van der Waals surface area contributed by atoms with Gasteiger partial charge in [-0.25, -0.2) is 0 Å². The third-order valence-electron chi connectivity index (χ3n) is 2.81. The molecule has 0 saturated carbocycles. The molecule has 0 amide bonds. The van der Waals surface area contributed by atoms with Gasteiger partial charge in [0.2, 0.25) is 0 Å². The Kier molecular flexibility index (Phi) is 6.81. The van der Waals surface area contributed by atoms with Gasteiger partial charge < -0.3 is 0 Å². The summed E-state index contributed by atoms with van der Waals surface area (Å²) in [5.74, 6) is 0. The SMILES string of the molecule is [CH2-]c1cc(C)ccc1-c1ccc(C)cc1[CH2-].[V+2].[V]. The first kappa shape index (κ1) is 17.3. The molecule has 0 aliphatic carbocycles. The monoisotopic (exact) mass is 310 g/mol. The average Bonchev–Trinajstić information content (AvgIpc) is 2.19. The van der Waals surface area contributed by atoms with Crippen molar-refractivity contribution in [1.29, 1.82) is 0 Å². The van der Waals surface area contributed by atoms with Gasteiger partial charge >= 0.3 is 18.6 Å². The van der Waals surface area contributed by atoms with Crippen LogP contribution >= 0.6 is 0 Å². The van der Waals surface area contributed by atoms with Gasteiger partial charge in [0.1, 0.15) is 0 Å². The minimum absolute atomic E-state index is 0. The molecule has 2 rings (SSSR count). The molecule has 0 bridgehead atoms. The molecule has 2 aromatic carbocycles. The molecule has 0 saturated heterocycles. The van der Waals surface area contributed by atoms with Gasteiger partial charge in [0.25, 0.3) is 0 Å². The van der Waals surface area contributed by atoms with Crippen molar-refractivity contribution in [3.63, 3.8) is 0 Å². The molecule has 0 N–H and O–H groups in total. The maximum Gasteiger partial charge on any atom is 2.00 e. The van der Waals surface area contributed by atoms with Crippen LogP contribution in [0.15, 0.2) is 36.4 Å². The minimum atomic E-state index is 0. The van der Waals surface area contributed by atoms with Gasteiger partial charge in [-0.3, -0.25) is 0 Å². The molecule has 0 unspecified atom stereocenters. The van der Waals surface area contributed by atoms with Crippen LogP contribution in [-0.4, -0.2) is 0 Å². The number of hydrogen-bond donors (Lipinski definition) is 0. The third-order valence-corrected chi connectivity index (χ3v) is 2.81. The number of aryl methyl sites for hydroxylation is 2. The maximum absolute atomic E-state index is 4.09. The zero-order chi connectivity index (χ0) is 11.7. The fourth-order valence-corrected chi connectivity index (χ4v) is 1.97. The van der Waals surface area contributed by atoms with Crippen LogP contribution in [0.2, 0.25) is 0 Å². The Hall–Kier alpha value is -0.651. The molecule has 0 aliphatic rings. The van der Waals surface area contributed by atoms with Crippen molar-refractivity contribution in [2.45, 2.75) is 13.8 Å². The zero-order valence-corrected chi connectivity index (χ0v) is 13.6. The average molecular weight is 310 g/mol. The predicted octanol–water partition coefficient (Wildman–Crippen LogP) is 4.33. The first-order valence-electron chi connectivity index (χ1n) is 5.43. The Bertz CT molecular complexity index is 481. The van der Waals surface area contributed by atoms with E-state index < -0.39 is 0 Å². The van der Waals surface area contributed by atoms with E-state index >= 15 is 0 Å². The Morgan fingerprint density at radius 2 is 1.06 bits per heavy atom. The number of hydrogen-bond acceptors (Lipinski definition) is 0. The third kappa shape index (κ3) is 3.67. The summed E-state index contributed by atoms with van der Waals surface area (Å²) < 4.78 is 0. The van der Waals surface area contributed by atoms with Gasteiger partial charge in [0.05, 0.1) is 0 Å². The molecule has 0 fully saturated rings. The van der Waals surface area contributed by atoms with Crippen LogP contribution in [-0.2, 0) is 37.1 Å². The molecule has 2 aromatic rings. The molecule has 0 aromatic heterocycles. The van der Waals surface area contributed by atoms with Gasteiger partial charge in [-0.05, 0) is 0 Å². The van der Waals surface area contributed by atoms with E-state index in [4.69, 9.17) is 0 Å². The van der Waals surface area contributed by atoms with E-state index in [0.717, 1.165) is 11.1 Å². The summed E-state index contributed by atoms with van der Waals surface area (Å²) in [6.45, 7) is 12.4. The molecule has 0 heterocycles. The summed E-state index contributed by atoms with van der Waals surface area (Å²) in [6, 6.07) is 12.7. The number of rotatable bonds is 1. The van der Waals surface area contributed by atoms with Crippen LogP contribution < -0.4 is 0 Å². The first-order chi connectivity index (χ1) is 7.58. The van der Waals surface area contributed by atoms with Crippen LogP contribution in [0.1, 0.15) is 22.3 Å². The van der Waals surface area contributed by atoms with Gasteiger partial charge in [0, 0.05) is 18.6 Å². The minimum Gasteiger partial charge on any atom is -0.199 e. The van der Waals surface area contributed by atoms with E-state index in [1.807, 2.05) is 0 Å². The van der Waals surface area contributed by atoms with Crippen LogP contribution in [0.25, 0.3) is 11.1 Å². The van der Waals surface area contributed by atoms with Gasteiger partial charge in [-0.1, -0.05) is 26.0 Å². The predicted molar refractivity (Wildman–Crippen MR) is 70.3 cm³/mol. The Morgan fingerprint density at radius 1 is 0.722 bits per heavy atom. The Balaban J connectivity index is 0.00000144. The summed E-state index contributed by atoms with van der Waals surface area (Å²) in [6.07, 6.45) is 0. The van der Waals surface area contributed by atoms with E-state index in [2.05, 4.69) is 64.1 Å². The van der Waals surface area contributed by atoms with Crippen molar-refractivity contribution in [1.82, 2.24) is 0 Å². The second-order valence-electron chi connectivity index (χ2n) is 4.32. The van der Waals surface area contributed by atoms with E-state index in [9.17, 15) is 0 Å². The van der Waals surface area contributed by atoms with Crippen molar-refractivity contribution >= 4 is 0 Å². The van der Waals surface area contributed by atoms with Crippen molar-refractivity contribution in [2.75, 3.05) is 0 Å². The maximum atomic E-state index is 4.09. The van der Waals surface area contributed by atoms with E-state index in [1.165, 1.54) is 22.3 Å². The van der Waals surface area contributed by atoms with Crippen molar-refractivity contribution < 1.29 is 37.1 Å². The standard InChI is InChI=1S/C16H16.2V/c1-11-5-7-15(13(3)9-11)16-8-6-12(2)10-14(16)4;;/h5-10H,3-4H2,1-2H3;;/q-2;;+2. The molecular formula is C16H16V2. The molecule has 2 heteroatoms. The summed E-state index contributed by atoms with van der Waals surface area (Å²) in [5, 5.41) is 0. The molecule has 0 aliphatic heterocycles. The second kappa shape index (κ2) is 7.06. The van der Waals surface area contributed by atoms with Crippen LogP contribution in [0.4, 0.5) is 0 Å². The topological polar surface area (TPSA) is 0 Å². The fraction of sp³-hybridized carbons (Fsp3) is 0.125. The van der Waals surface area contributed by atoms with Crippen molar-refractivity contribution in [3.05, 3.63) is 72.5 Å². The molecule has 0 nitrogen and oxygen atoms in total. The van der Waals surface area contributed by atoms with Crippen molar-refractivity contribution in [3.8, 4) is 11.1 Å². The van der Waals surface area contributed by atoms with Crippen LogP contribution in [0.5, 0.6) is 0 Å². The number of benzene rings is 2. The molecule has 2 radical (unpaired) electrons. The quantitative estimate of drug-likeness (QED) is 0.688. The molecule has 0 atom stereocenters. The molecule has 90 valence electrons. The van der Waals surface area contributed by atoms with Crippen molar-refractivity contribution in [2.24, 2.45) is 0 Å². The summed E-state index contributed by atoms with van der Waals surface area (Å²) in [7, 11) is 0. The van der Waals surface area contributed by atoms with Crippen LogP contribution in [0.3, 0.4) is 0 Å². The Labute approximate surface area is 134 Å². The van der Waals surface area contributed by atoms with Gasteiger partial charge in [-0.2, -0.15) is 48.2 Å². The summed E-state index contributed by atoms with van der Waals surface area (Å²) >= 11 is 0.